The summed E-state index contributed by atoms with van der Waals surface area (Å²) < 4.78 is 0. The molecule has 0 unspecified atom stereocenters. The number of nitrogens with one attached hydrogen (secondary N) is 1. The highest BCUT2D eigenvalue weighted by Crippen LogP contribution is 2.65. The molecule has 0 heterocycles. The van der Waals surface area contributed by atoms with Crippen LogP contribution >= 0.6 is 0 Å². The van der Waals surface area contributed by atoms with Crippen LogP contribution in [-0.4, -0.2) is 17.7 Å². The minimum atomic E-state index is -0.401. The maximum absolute atomic E-state index is 10.3. The molecule has 2 bridgehead atoms. The zero-order valence-corrected chi connectivity index (χ0v) is 12.9. The van der Waals surface area contributed by atoms with E-state index in [0.29, 0.717) is 23.4 Å². The van der Waals surface area contributed by atoms with Crippen molar-refractivity contribution in [3.05, 3.63) is 35.9 Å². The lowest BCUT2D eigenvalue weighted by molar-refractivity contribution is 0.105. The van der Waals surface area contributed by atoms with Gasteiger partial charge >= 0.3 is 0 Å². The summed E-state index contributed by atoms with van der Waals surface area (Å²) in [6.07, 6.45) is 3.57. The van der Waals surface area contributed by atoms with Crippen molar-refractivity contribution in [2.24, 2.45) is 16.7 Å². The summed E-state index contributed by atoms with van der Waals surface area (Å²) in [4.78, 5) is 0. The van der Waals surface area contributed by atoms with Gasteiger partial charge < -0.3 is 10.4 Å². The summed E-state index contributed by atoms with van der Waals surface area (Å²) in [5.41, 5.74) is 1.82. The van der Waals surface area contributed by atoms with Gasteiger partial charge in [-0.25, -0.2) is 0 Å². The van der Waals surface area contributed by atoms with Gasteiger partial charge in [-0.15, -0.1) is 0 Å². The van der Waals surface area contributed by atoms with Crippen LogP contribution in [-0.2, 0) is 0 Å². The Morgan fingerprint density at radius 3 is 2.50 bits per heavy atom. The summed E-state index contributed by atoms with van der Waals surface area (Å²) in [6.45, 7) is 7.96. The van der Waals surface area contributed by atoms with Gasteiger partial charge in [-0.1, -0.05) is 51.1 Å². The summed E-state index contributed by atoms with van der Waals surface area (Å²) in [6, 6.07) is 10.5. The van der Waals surface area contributed by atoms with Crippen LogP contribution in [0.15, 0.2) is 30.3 Å². The van der Waals surface area contributed by atoms with E-state index in [0.717, 1.165) is 11.5 Å². The number of fused-ring (bicyclic) bond motifs is 2. The molecule has 0 amide bonds. The maximum atomic E-state index is 10.3. The fourth-order valence-electron chi connectivity index (χ4n) is 4.56. The predicted molar refractivity (Wildman–Crippen MR) is 82.4 cm³/mol. The molecule has 1 aromatic rings. The number of aliphatic hydroxyl groups is 1. The smallest absolute Gasteiger partial charge is 0.0914 e. The summed E-state index contributed by atoms with van der Waals surface area (Å²) in [7, 11) is 0. The lowest BCUT2D eigenvalue weighted by Crippen LogP contribution is -2.45. The minimum absolute atomic E-state index is 0.383. The Balaban J connectivity index is 1.63. The molecule has 3 rings (SSSR count). The molecule has 0 aliphatic heterocycles. The zero-order chi connectivity index (χ0) is 14.4. The topological polar surface area (TPSA) is 32.3 Å². The van der Waals surface area contributed by atoms with Crippen molar-refractivity contribution in [3.63, 3.8) is 0 Å². The Kier molecular flexibility index (Phi) is 3.42. The molecule has 4 atom stereocenters. The summed E-state index contributed by atoms with van der Waals surface area (Å²) in [5, 5.41) is 14.0. The van der Waals surface area contributed by atoms with E-state index in [2.05, 4.69) is 26.1 Å². The second kappa shape index (κ2) is 4.85. The first-order chi connectivity index (χ1) is 9.45. The Morgan fingerprint density at radius 1 is 1.25 bits per heavy atom. The molecule has 20 heavy (non-hydrogen) atoms. The van der Waals surface area contributed by atoms with Gasteiger partial charge in [0.05, 0.1) is 6.10 Å². The lowest BCUT2D eigenvalue weighted by atomic mass is 9.69. The molecule has 0 radical (unpaired) electrons. The normalized spacial score (nSPS) is 36.2. The molecule has 1 aromatic carbocycles. The van der Waals surface area contributed by atoms with Gasteiger partial charge in [0.15, 0.2) is 0 Å². The van der Waals surface area contributed by atoms with E-state index in [1.54, 1.807) is 0 Å². The Bertz CT molecular complexity index is 470. The molecule has 2 saturated carbocycles. The highest BCUT2D eigenvalue weighted by Gasteiger charge is 2.60. The van der Waals surface area contributed by atoms with Gasteiger partial charge in [-0.3, -0.25) is 0 Å². The van der Waals surface area contributed by atoms with Crippen molar-refractivity contribution in [2.75, 3.05) is 6.54 Å². The fourth-order valence-corrected chi connectivity index (χ4v) is 4.56. The van der Waals surface area contributed by atoms with Crippen LogP contribution in [0.25, 0.3) is 0 Å². The van der Waals surface area contributed by atoms with Gasteiger partial charge in [0.2, 0.25) is 0 Å². The van der Waals surface area contributed by atoms with E-state index < -0.39 is 6.10 Å². The van der Waals surface area contributed by atoms with Crippen LogP contribution in [0, 0.1) is 16.7 Å². The van der Waals surface area contributed by atoms with Gasteiger partial charge in [-0.05, 0) is 41.6 Å². The van der Waals surface area contributed by atoms with Gasteiger partial charge in [0.1, 0.15) is 0 Å². The van der Waals surface area contributed by atoms with Crippen molar-refractivity contribution in [3.8, 4) is 0 Å². The highest BCUT2D eigenvalue weighted by atomic mass is 16.3. The quantitative estimate of drug-likeness (QED) is 0.879. The molecule has 2 fully saturated rings. The third kappa shape index (κ3) is 2.01. The van der Waals surface area contributed by atoms with Gasteiger partial charge in [0.25, 0.3) is 0 Å². The number of benzene rings is 1. The Hall–Kier alpha value is -0.860. The van der Waals surface area contributed by atoms with E-state index in [1.807, 2.05) is 30.3 Å². The molecule has 110 valence electrons. The number of rotatable bonds is 4. The van der Waals surface area contributed by atoms with Crippen molar-refractivity contribution in [1.82, 2.24) is 5.32 Å². The summed E-state index contributed by atoms with van der Waals surface area (Å²) >= 11 is 0. The van der Waals surface area contributed by atoms with Crippen LogP contribution in [0.3, 0.4) is 0 Å². The van der Waals surface area contributed by atoms with Crippen LogP contribution in [0.1, 0.15) is 51.7 Å². The fraction of sp³-hybridized carbons (Fsp3) is 0.667. The monoisotopic (exact) mass is 273 g/mol. The molecule has 2 aliphatic carbocycles. The number of hydrogen-bond donors (Lipinski definition) is 2. The second-order valence-corrected chi connectivity index (χ2v) is 7.50. The Morgan fingerprint density at radius 2 is 1.95 bits per heavy atom. The third-order valence-corrected chi connectivity index (χ3v) is 6.54. The number of aliphatic hydroxyl groups excluding tert-OH is 1. The molecule has 0 spiro atoms. The third-order valence-electron chi connectivity index (χ3n) is 6.54. The molecule has 2 heteroatoms. The van der Waals surface area contributed by atoms with Crippen LogP contribution in [0.4, 0.5) is 0 Å². The molecular formula is C18H27NO. The Labute approximate surface area is 122 Å². The lowest BCUT2D eigenvalue weighted by Gasteiger charge is -2.40. The van der Waals surface area contributed by atoms with Crippen molar-refractivity contribution in [2.45, 2.75) is 52.2 Å². The largest absolute Gasteiger partial charge is 0.387 e. The zero-order valence-electron chi connectivity index (χ0n) is 12.9. The van der Waals surface area contributed by atoms with E-state index in [-0.39, 0.29) is 0 Å². The first-order valence-corrected chi connectivity index (χ1v) is 7.91. The van der Waals surface area contributed by atoms with Crippen molar-refractivity contribution < 1.29 is 5.11 Å². The van der Waals surface area contributed by atoms with Crippen molar-refractivity contribution >= 4 is 0 Å². The first kappa shape index (κ1) is 14.1. The van der Waals surface area contributed by atoms with Crippen LogP contribution in [0.5, 0.6) is 0 Å². The maximum Gasteiger partial charge on any atom is 0.0914 e. The van der Waals surface area contributed by atoms with E-state index >= 15 is 0 Å². The average molecular weight is 273 g/mol. The standard InChI is InChI=1S/C18H27NO/c1-17(2)14-9-10-18(17,3)16(11-14)19-12-15(20)13-7-5-4-6-8-13/h4-8,14-16,19-20H,9-12H2,1-3H3/t14-,15+,16+,18+/m0/s1. The van der Waals surface area contributed by atoms with E-state index in [1.165, 1.54) is 19.3 Å². The predicted octanol–water partition coefficient (Wildman–Crippen LogP) is 3.52. The SMILES string of the molecule is CC1(C)[C@H]2CC[C@]1(C)[C@H](NC[C@@H](O)c1ccccc1)C2. The highest BCUT2D eigenvalue weighted by molar-refractivity contribution is 5.18. The van der Waals surface area contributed by atoms with Gasteiger partial charge in [0, 0.05) is 12.6 Å². The minimum Gasteiger partial charge on any atom is -0.387 e. The van der Waals surface area contributed by atoms with Crippen LogP contribution < -0.4 is 5.32 Å². The summed E-state index contributed by atoms with van der Waals surface area (Å²) in [5.74, 6) is 0.846. The van der Waals surface area contributed by atoms with E-state index in [9.17, 15) is 5.11 Å². The molecule has 2 nitrogen and oxygen atoms in total. The van der Waals surface area contributed by atoms with Crippen LogP contribution in [0.2, 0.25) is 0 Å². The van der Waals surface area contributed by atoms with Crippen molar-refractivity contribution in [1.29, 1.82) is 0 Å². The number of hydrogen-bond acceptors (Lipinski definition) is 2. The molecule has 0 saturated heterocycles. The molecule has 0 aromatic heterocycles. The molecule has 2 aliphatic rings. The molecule has 2 N–H and O–H groups in total. The average Bonchev–Trinajstić information content (AvgIpc) is 2.78. The second-order valence-electron chi connectivity index (χ2n) is 7.50. The molecular weight excluding hydrogens is 246 g/mol. The first-order valence-electron chi connectivity index (χ1n) is 7.91. The van der Waals surface area contributed by atoms with Gasteiger partial charge in [-0.2, -0.15) is 0 Å². The van der Waals surface area contributed by atoms with E-state index in [4.69, 9.17) is 0 Å².